The van der Waals surface area contributed by atoms with E-state index in [1.54, 1.807) is 6.07 Å². The Morgan fingerprint density at radius 3 is 2.94 bits per heavy atom. The van der Waals surface area contributed by atoms with Gasteiger partial charge in [-0.05, 0) is 49.5 Å². The SMILES string of the molecule is Cc1[nH]nc2[nH]c(=O)cc([C@@H]3C[C@H]4CC[C@@H]3C4)c12. The molecule has 2 aromatic rings. The van der Waals surface area contributed by atoms with E-state index in [2.05, 4.69) is 15.2 Å². The monoisotopic (exact) mass is 243 g/mol. The molecule has 0 amide bonds. The maximum absolute atomic E-state index is 11.8. The number of nitrogens with zero attached hydrogens (tertiary/aromatic N) is 1. The van der Waals surface area contributed by atoms with E-state index in [0.717, 1.165) is 28.6 Å². The molecule has 4 nitrogen and oxygen atoms in total. The zero-order valence-corrected chi connectivity index (χ0v) is 10.5. The average molecular weight is 243 g/mol. The van der Waals surface area contributed by atoms with Crippen molar-refractivity contribution in [2.45, 2.75) is 38.5 Å². The van der Waals surface area contributed by atoms with Gasteiger partial charge in [-0.2, -0.15) is 5.10 Å². The maximum Gasteiger partial charge on any atom is 0.249 e. The van der Waals surface area contributed by atoms with Crippen LogP contribution in [-0.4, -0.2) is 15.2 Å². The van der Waals surface area contributed by atoms with Gasteiger partial charge in [-0.3, -0.25) is 9.89 Å². The first-order valence-electron chi connectivity index (χ1n) is 6.80. The van der Waals surface area contributed by atoms with Crippen molar-refractivity contribution in [2.75, 3.05) is 0 Å². The predicted octanol–water partition coefficient (Wildman–Crippen LogP) is 2.46. The van der Waals surface area contributed by atoms with E-state index in [9.17, 15) is 4.79 Å². The molecule has 2 saturated carbocycles. The van der Waals surface area contributed by atoms with Crippen molar-refractivity contribution in [1.82, 2.24) is 15.2 Å². The Balaban J connectivity index is 1.93. The van der Waals surface area contributed by atoms with Crippen molar-refractivity contribution in [3.05, 3.63) is 27.7 Å². The van der Waals surface area contributed by atoms with Crippen molar-refractivity contribution in [2.24, 2.45) is 11.8 Å². The van der Waals surface area contributed by atoms with Crippen LogP contribution in [0.3, 0.4) is 0 Å². The van der Waals surface area contributed by atoms with Crippen LogP contribution in [0.5, 0.6) is 0 Å². The quantitative estimate of drug-likeness (QED) is 0.808. The lowest BCUT2D eigenvalue weighted by atomic mass is 9.82. The molecule has 18 heavy (non-hydrogen) atoms. The molecule has 0 unspecified atom stereocenters. The van der Waals surface area contributed by atoms with Gasteiger partial charge in [-0.25, -0.2) is 0 Å². The molecule has 0 aromatic carbocycles. The highest BCUT2D eigenvalue weighted by atomic mass is 16.1. The molecule has 0 aliphatic heterocycles. The lowest BCUT2D eigenvalue weighted by Crippen LogP contribution is -2.14. The number of aromatic nitrogens is 3. The van der Waals surface area contributed by atoms with Gasteiger partial charge in [-0.1, -0.05) is 6.42 Å². The predicted molar refractivity (Wildman–Crippen MR) is 69.6 cm³/mol. The van der Waals surface area contributed by atoms with Gasteiger partial charge in [0.25, 0.3) is 0 Å². The number of nitrogens with one attached hydrogen (secondary N) is 2. The molecule has 2 heterocycles. The Morgan fingerprint density at radius 2 is 2.22 bits per heavy atom. The van der Waals surface area contributed by atoms with Gasteiger partial charge in [0.2, 0.25) is 5.56 Å². The van der Waals surface area contributed by atoms with E-state index in [4.69, 9.17) is 0 Å². The summed E-state index contributed by atoms with van der Waals surface area (Å²) in [6.45, 7) is 2.03. The molecule has 2 N–H and O–H groups in total. The van der Waals surface area contributed by atoms with Gasteiger partial charge in [0.1, 0.15) is 0 Å². The minimum Gasteiger partial charge on any atom is -0.305 e. The van der Waals surface area contributed by atoms with E-state index in [1.807, 2.05) is 6.92 Å². The molecule has 4 rings (SSSR count). The number of aryl methyl sites for hydroxylation is 1. The Morgan fingerprint density at radius 1 is 1.33 bits per heavy atom. The van der Waals surface area contributed by atoms with Crippen molar-refractivity contribution in [1.29, 1.82) is 0 Å². The molecule has 0 saturated heterocycles. The lowest BCUT2D eigenvalue weighted by molar-refractivity contribution is 0.421. The molecule has 3 atom stereocenters. The first kappa shape index (κ1) is 10.4. The fourth-order valence-corrected chi connectivity index (χ4v) is 4.16. The van der Waals surface area contributed by atoms with E-state index in [1.165, 1.54) is 31.2 Å². The minimum atomic E-state index is -0.0215. The Labute approximate surface area is 105 Å². The Bertz CT molecular complexity index is 669. The van der Waals surface area contributed by atoms with Crippen LogP contribution in [0.15, 0.2) is 10.9 Å². The van der Waals surface area contributed by atoms with Crippen LogP contribution in [0.25, 0.3) is 11.0 Å². The molecule has 2 aliphatic rings. The van der Waals surface area contributed by atoms with Crippen LogP contribution >= 0.6 is 0 Å². The fourth-order valence-electron chi connectivity index (χ4n) is 4.16. The molecule has 2 aliphatic carbocycles. The summed E-state index contributed by atoms with van der Waals surface area (Å²) in [7, 11) is 0. The highest BCUT2D eigenvalue weighted by molar-refractivity contribution is 5.82. The maximum atomic E-state index is 11.8. The van der Waals surface area contributed by atoms with Crippen LogP contribution < -0.4 is 5.56 Å². The third-order valence-electron chi connectivity index (χ3n) is 4.90. The summed E-state index contributed by atoms with van der Waals surface area (Å²) in [6, 6.07) is 1.80. The summed E-state index contributed by atoms with van der Waals surface area (Å²) in [5.74, 6) is 2.25. The van der Waals surface area contributed by atoms with E-state index in [0.29, 0.717) is 5.92 Å². The van der Waals surface area contributed by atoms with Crippen molar-refractivity contribution >= 4 is 11.0 Å². The van der Waals surface area contributed by atoms with Crippen molar-refractivity contribution < 1.29 is 0 Å². The van der Waals surface area contributed by atoms with E-state index in [-0.39, 0.29) is 5.56 Å². The van der Waals surface area contributed by atoms with Gasteiger partial charge in [-0.15, -0.1) is 0 Å². The number of fused-ring (bicyclic) bond motifs is 3. The Hall–Kier alpha value is -1.58. The molecule has 0 spiro atoms. The summed E-state index contributed by atoms with van der Waals surface area (Å²) in [5, 5.41) is 8.33. The highest BCUT2D eigenvalue weighted by Crippen LogP contribution is 2.53. The summed E-state index contributed by atoms with van der Waals surface area (Å²) in [6.07, 6.45) is 5.34. The van der Waals surface area contributed by atoms with E-state index >= 15 is 0 Å². The number of rotatable bonds is 1. The third-order valence-corrected chi connectivity index (χ3v) is 4.90. The largest absolute Gasteiger partial charge is 0.305 e. The smallest absolute Gasteiger partial charge is 0.249 e. The standard InChI is InChI=1S/C14H17N3O/c1-7-13-11(6-12(18)15-14(13)17-16-7)10-5-8-2-3-9(10)4-8/h6,8-10H,2-5H2,1H3,(H2,15,16,17,18)/t8-,9+,10+/m0/s1. The topological polar surface area (TPSA) is 61.5 Å². The normalized spacial score (nSPS) is 30.4. The summed E-state index contributed by atoms with van der Waals surface area (Å²) >= 11 is 0. The zero-order chi connectivity index (χ0) is 12.3. The van der Waals surface area contributed by atoms with Gasteiger partial charge in [0, 0.05) is 17.1 Å². The molecular weight excluding hydrogens is 226 g/mol. The molecule has 2 fully saturated rings. The molecule has 4 heteroatoms. The second-order valence-corrected chi connectivity index (χ2v) is 5.94. The minimum absolute atomic E-state index is 0.0215. The molecule has 2 bridgehead atoms. The fraction of sp³-hybridized carbons (Fsp3) is 0.571. The van der Waals surface area contributed by atoms with Crippen LogP contribution in [-0.2, 0) is 0 Å². The van der Waals surface area contributed by atoms with Gasteiger partial charge < -0.3 is 4.98 Å². The first-order chi connectivity index (χ1) is 8.72. The van der Waals surface area contributed by atoms with Crippen LogP contribution in [0.1, 0.15) is 42.9 Å². The van der Waals surface area contributed by atoms with Crippen LogP contribution in [0, 0.1) is 18.8 Å². The van der Waals surface area contributed by atoms with Crippen LogP contribution in [0.2, 0.25) is 0 Å². The second kappa shape index (κ2) is 3.46. The molecule has 0 radical (unpaired) electrons. The highest BCUT2D eigenvalue weighted by Gasteiger charge is 2.41. The lowest BCUT2D eigenvalue weighted by Gasteiger charge is -2.22. The summed E-state index contributed by atoms with van der Waals surface area (Å²) in [5.41, 5.74) is 3.00. The molecule has 2 aromatic heterocycles. The number of hydrogen-bond donors (Lipinski definition) is 2. The van der Waals surface area contributed by atoms with Gasteiger partial charge >= 0.3 is 0 Å². The Kier molecular flexibility index (Phi) is 1.99. The number of aromatic amines is 2. The number of pyridine rings is 1. The van der Waals surface area contributed by atoms with Gasteiger partial charge in [0.05, 0.1) is 0 Å². The third kappa shape index (κ3) is 1.32. The van der Waals surface area contributed by atoms with Crippen molar-refractivity contribution in [3.63, 3.8) is 0 Å². The van der Waals surface area contributed by atoms with Crippen LogP contribution in [0.4, 0.5) is 0 Å². The zero-order valence-electron chi connectivity index (χ0n) is 10.5. The first-order valence-corrected chi connectivity index (χ1v) is 6.80. The van der Waals surface area contributed by atoms with E-state index < -0.39 is 0 Å². The second-order valence-electron chi connectivity index (χ2n) is 5.94. The summed E-state index contributed by atoms with van der Waals surface area (Å²) < 4.78 is 0. The number of hydrogen-bond acceptors (Lipinski definition) is 2. The summed E-state index contributed by atoms with van der Waals surface area (Å²) in [4.78, 5) is 14.6. The molecule has 94 valence electrons. The van der Waals surface area contributed by atoms with Gasteiger partial charge in [0.15, 0.2) is 5.65 Å². The number of H-pyrrole nitrogens is 2. The van der Waals surface area contributed by atoms with Crippen molar-refractivity contribution in [3.8, 4) is 0 Å². The average Bonchev–Trinajstić information content (AvgIpc) is 3.04. The molecular formula is C14H17N3O.